The van der Waals surface area contributed by atoms with Gasteiger partial charge in [-0.15, -0.1) is 0 Å². The zero-order chi connectivity index (χ0) is 11.5. The van der Waals surface area contributed by atoms with Gasteiger partial charge < -0.3 is 10.4 Å². The van der Waals surface area contributed by atoms with E-state index in [1.807, 2.05) is 25.3 Å². The van der Waals surface area contributed by atoms with Gasteiger partial charge in [-0.1, -0.05) is 6.07 Å². The summed E-state index contributed by atoms with van der Waals surface area (Å²) in [6.45, 7) is 2.64. The Morgan fingerprint density at radius 3 is 2.88 bits per heavy atom. The van der Waals surface area contributed by atoms with E-state index < -0.39 is 5.97 Å². The second kappa shape index (κ2) is 4.61. The van der Waals surface area contributed by atoms with Gasteiger partial charge in [-0.3, -0.25) is 9.78 Å². The van der Waals surface area contributed by atoms with Gasteiger partial charge in [-0.05, 0) is 31.4 Å². The van der Waals surface area contributed by atoms with Crippen molar-refractivity contribution in [3.8, 4) is 0 Å². The lowest BCUT2D eigenvalue weighted by atomic mass is 9.79. The number of hydrogen-bond acceptors (Lipinski definition) is 3. The summed E-state index contributed by atoms with van der Waals surface area (Å²) >= 11 is 0. The van der Waals surface area contributed by atoms with Crippen LogP contribution in [0.5, 0.6) is 0 Å². The summed E-state index contributed by atoms with van der Waals surface area (Å²) in [6.07, 6.45) is 3.58. The van der Waals surface area contributed by atoms with Crippen LogP contribution in [-0.2, 0) is 11.3 Å². The zero-order valence-corrected chi connectivity index (χ0v) is 9.31. The van der Waals surface area contributed by atoms with Crippen LogP contribution in [0.25, 0.3) is 0 Å². The maximum absolute atomic E-state index is 10.8. The second-order valence-corrected chi connectivity index (χ2v) is 4.32. The van der Waals surface area contributed by atoms with Crippen LogP contribution >= 0.6 is 0 Å². The Morgan fingerprint density at radius 2 is 2.38 bits per heavy atom. The number of nitrogens with zero attached hydrogens (tertiary/aromatic N) is 1. The lowest BCUT2D eigenvalue weighted by Gasteiger charge is -2.34. The van der Waals surface area contributed by atoms with Gasteiger partial charge >= 0.3 is 5.97 Å². The maximum Gasteiger partial charge on any atom is 0.308 e. The van der Waals surface area contributed by atoms with Crippen LogP contribution in [0, 0.1) is 12.8 Å². The smallest absolute Gasteiger partial charge is 0.308 e. The largest absolute Gasteiger partial charge is 0.481 e. The van der Waals surface area contributed by atoms with Gasteiger partial charge in [0.15, 0.2) is 0 Å². The number of carboxylic acid groups (broad SMARTS) is 1. The molecule has 4 nitrogen and oxygen atoms in total. The van der Waals surface area contributed by atoms with Gasteiger partial charge in [0.1, 0.15) is 0 Å². The van der Waals surface area contributed by atoms with Crippen molar-refractivity contribution >= 4 is 5.97 Å². The van der Waals surface area contributed by atoms with Crippen LogP contribution in [0.3, 0.4) is 0 Å². The minimum absolute atomic E-state index is 0.124. The molecular weight excluding hydrogens is 204 g/mol. The Morgan fingerprint density at radius 1 is 1.56 bits per heavy atom. The Kier molecular flexibility index (Phi) is 3.19. The van der Waals surface area contributed by atoms with Crippen LogP contribution in [0.4, 0.5) is 0 Å². The standard InChI is InChI=1S/C12H16N2O2/c1-8-2-3-9(6-13-8)7-14-11-5-4-10(11)12(15)16/h2-3,6,10-11,14H,4-5,7H2,1H3,(H,15,16). The molecule has 2 N–H and O–H groups in total. The number of carboxylic acids is 1. The van der Waals surface area contributed by atoms with Gasteiger partial charge in [0.25, 0.3) is 0 Å². The van der Waals surface area contributed by atoms with Gasteiger partial charge in [0.2, 0.25) is 0 Å². The zero-order valence-electron chi connectivity index (χ0n) is 9.31. The fraction of sp³-hybridized carbons (Fsp3) is 0.500. The van der Waals surface area contributed by atoms with Crippen LogP contribution < -0.4 is 5.32 Å². The average Bonchev–Trinajstić information content (AvgIpc) is 2.18. The molecule has 0 aromatic carbocycles. The highest BCUT2D eigenvalue weighted by Crippen LogP contribution is 2.27. The highest BCUT2D eigenvalue weighted by Gasteiger charge is 2.35. The lowest BCUT2D eigenvalue weighted by Crippen LogP contribution is -2.47. The predicted octanol–water partition coefficient (Wildman–Crippen LogP) is 1.34. The van der Waals surface area contributed by atoms with E-state index >= 15 is 0 Å². The topological polar surface area (TPSA) is 62.2 Å². The number of hydrogen-bond donors (Lipinski definition) is 2. The first-order chi connectivity index (χ1) is 7.66. The fourth-order valence-electron chi connectivity index (χ4n) is 1.89. The Hall–Kier alpha value is -1.42. The molecule has 0 spiro atoms. The molecule has 2 rings (SSSR count). The highest BCUT2D eigenvalue weighted by molar-refractivity contribution is 5.72. The first kappa shape index (κ1) is 11.1. The Labute approximate surface area is 94.7 Å². The van der Waals surface area contributed by atoms with E-state index in [9.17, 15) is 4.79 Å². The van der Waals surface area contributed by atoms with E-state index in [0.717, 1.165) is 24.1 Å². The molecule has 2 unspecified atom stereocenters. The third-order valence-electron chi connectivity index (χ3n) is 3.13. The molecule has 1 saturated carbocycles. The summed E-state index contributed by atoms with van der Waals surface area (Å²) in [6, 6.07) is 4.11. The molecule has 86 valence electrons. The van der Waals surface area contributed by atoms with Crippen LogP contribution in [0.2, 0.25) is 0 Å². The van der Waals surface area contributed by atoms with Crippen molar-refractivity contribution in [2.75, 3.05) is 0 Å². The molecule has 0 amide bonds. The second-order valence-electron chi connectivity index (χ2n) is 4.32. The van der Waals surface area contributed by atoms with Crippen molar-refractivity contribution in [1.82, 2.24) is 10.3 Å². The van der Waals surface area contributed by atoms with E-state index in [4.69, 9.17) is 5.11 Å². The third-order valence-corrected chi connectivity index (χ3v) is 3.13. The Bertz CT molecular complexity index is 375. The summed E-state index contributed by atoms with van der Waals surface area (Å²) < 4.78 is 0. The first-order valence-corrected chi connectivity index (χ1v) is 5.54. The predicted molar refractivity (Wildman–Crippen MR) is 60.0 cm³/mol. The van der Waals surface area contributed by atoms with Gasteiger partial charge in [0, 0.05) is 24.5 Å². The number of rotatable bonds is 4. The highest BCUT2D eigenvalue weighted by atomic mass is 16.4. The SMILES string of the molecule is Cc1ccc(CNC2CCC2C(=O)O)cn1. The number of pyridine rings is 1. The number of aromatic nitrogens is 1. The Balaban J connectivity index is 1.84. The molecule has 1 aliphatic carbocycles. The van der Waals surface area contributed by atoms with Gasteiger partial charge in [-0.25, -0.2) is 0 Å². The maximum atomic E-state index is 10.8. The van der Waals surface area contributed by atoms with Crippen molar-refractivity contribution in [1.29, 1.82) is 0 Å². The minimum Gasteiger partial charge on any atom is -0.481 e. The molecule has 1 heterocycles. The van der Waals surface area contributed by atoms with Gasteiger partial charge in [0.05, 0.1) is 5.92 Å². The number of nitrogens with one attached hydrogen (secondary N) is 1. The number of aryl methyl sites for hydroxylation is 1. The molecule has 16 heavy (non-hydrogen) atoms. The molecule has 0 saturated heterocycles. The van der Waals surface area contributed by atoms with E-state index in [0.29, 0.717) is 6.54 Å². The van der Waals surface area contributed by atoms with Crippen molar-refractivity contribution < 1.29 is 9.90 Å². The molecule has 1 aliphatic rings. The van der Waals surface area contributed by atoms with Crippen molar-refractivity contribution in [3.05, 3.63) is 29.6 Å². The van der Waals surface area contributed by atoms with Crippen molar-refractivity contribution in [3.63, 3.8) is 0 Å². The molecule has 1 aromatic rings. The fourth-order valence-corrected chi connectivity index (χ4v) is 1.89. The van der Waals surface area contributed by atoms with E-state index in [1.54, 1.807) is 0 Å². The molecular formula is C12H16N2O2. The van der Waals surface area contributed by atoms with E-state index in [2.05, 4.69) is 10.3 Å². The summed E-state index contributed by atoms with van der Waals surface area (Å²) in [4.78, 5) is 15.0. The van der Waals surface area contributed by atoms with Crippen molar-refractivity contribution in [2.24, 2.45) is 5.92 Å². The molecule has 4 heteroatoms. The minimum atomic E-state index is -0.689. The molecule has 0 bridgehead atoms. The van der Waals surface area contributed by atoms with Crippen LogP contribution in [-0.4, -0.2) is 22.1 Å². The molecule has 0 aliphatic heterocycles. The van der Waals surface area contributed by atoms with E-state index in [1.165, 1.54) is 0 Å². The first-order valence-electron chi connectivity index (χ1n) is 5.54. The summed E-state index contributed by atoms with van der Waals surface area (Å²) in [7, 11) is 0. The summed E-state index contributed by atoms with van der Waals surface area (Å²) in [5.74, 6) is -0.899. The lowest BCUT2D eigenvalue weighted by molar-refractivity contribution is -0.146. The quantitative estimate of drug-likeness (QED) is 0.804. The van der Waals surface area contributed by atoms with Gasteiger partial charge in [-0.2, -0.15) is 0 Å². The van der Waals surface area contributed by atoms with E-state index in [-0.39, 0.29) is 12.0 Å². The number of carbonyl (C=O) groups is 1. The molecule has 1 fully saturated rings. The third kappa shape index (κ3) is 2.39. The summed E-state index contributed by atoms with van der Waals surface area (Å²) in [5.41, 5.74) is 2.09. The monoisotopic (exact) mass is 220 g/mol. The van der Waals surface area contributed by atoms with Crippen LogP contribution in [0.1, 0.15) is 24.1 Å². The molecule has 2 atom stereocenters. The molecule has 1 aromatic heterocycles. The normalized spacial score (nSPS) is 23.8. The van der Waals surface area contributed by atoms with Crippen molar-refractivity contribution in [2.45, 2.75) is 32.4 Å². The van der Waals surface area contributed by atoms with Crippen LogP contribution in [0.15, 0.2) is 18.3 Å². The molecule has 0 radical (unpaired) electrons. The summed E-state index contributed by atoms with van der Waals surface area (Å²) in [5, 5.41) is 12.2. The number of aliphatic carboxylic acids is 1. The average molecular weight is 220 g/mol.